The molecule has 1 aliphatic heterocycles. The van der Waals surface area contributed by atoms with Crippen molar-refractivity contribution >= 4 is 0 Å². The van der Waals surface area contributed by atoms with Gasteiger partial charge in [-0.05, 0) is 17.7 Å². The van der Waals surface area contributed by atoms with Crippen molar-refractivity contribution in [1.29, 1.82) is 0 Å². The van der Waals surface area contributed by atoms with E-state index in [1.54, 1.807) is 18.2 Å². The number of hydrogen-bond acceptors (Lipinski definition) is 9. The van der Waals surface area contributed by atoms with Crippen LogP contribution in [0, 0.1) is 0 Å². The van der Waals surface area contributed by atoms with Gasteiger partial charge in [0, 0.05) is 0 Å². The molecule has 1 aromatic carbocycles. The van der Waals surface area contributed by atoms with Gasteiger partial charge in [-0.2, -0.15) is 0 Å². The van der Waals surface area contributed by atoms with Crippen molar-refractivity contribution in [2.45, 2.75) is 36.8 Å². The van der Waals surface area contributed by atoms with E-state index < -0.39 is 43.4 Å². The minimum Gasteiger partial charge on any atom is -0.493 e. The molecule has 1 saturated heterocycles. The fourth-order valence-electron chi connectivity index (χ4n) is 2.55. The zero-order valence-corrected chi connectivity index (χ0v) is 14.0. The van der Waals surface area contributed by atoms with Crippen LogP contribution in [0.4, 0.5) is 0 Å². The first-order chi connectivity index (χ1) is 11.9. The first-order valence-corrected chi connectivity index (χ1v) is 7.75. The Morgan fingerprint density at radius 2 is 1.72 bits per heavy atom. The quantitative estimate of drug-likeness (QED) is 0.395. The van der Waals surface area contributed by atoms with Crippen molar-refractivity contribution in [3.8, 4) is 11.5 Å². The van der Waals surface area contributed by atoms with Gasteiger partial charge in [-0.1, -0.05) is 6.07 Å². The first kappa shape index (κ1) is 19.9. The third kappa shape index (κ3) is 4.39. The van der Waals surface area contributed by atoms with E-state index >= 15 is 0 Å². The van der Waals surface area contributed by atoms with Crippen LogP contribution in [0.1, 0.15) is 11.7 Å². The van der Waals surface area contributed by atoms with E-state index in [4.69, 9.17) is 24.1 Å². The zero-order valence-electron chi connectivity index (χ0n) is 14.0. The van der Waals surface area contributed by atoms with Crippen LogP contribution < -0.4 is 9.47 Å². The van der Waals surface area contributed by atoms with E-state index in [0.717, 1.165) is 0 Å². The predicted molar refractivity (Wildman–Crippen MR) is 84.2 cm³/mol. The molecule has 1 heterocycles. The van der Waals surface area contributed by atoms with Gasteiger partial charge in [-0.15, -0.1) is 0 Å². The second kappa shape index (κ2) is 8.77. The van der Waals surface area contributed by atoms with Gasteiger partial charge in [-0.25, -0.2) is 0 Å². The molecule has 0 bridgehead atoms. The molecule has 25 heavy (non-hydrogen) atoms. The molecular weight excluding hydrogens is 336 g/mol. The van der Waals surface area contributed by atoms with Crippen LogP contribution >= 0.6 is 0 Å². The number of hydrogen-bond donors (Lipinski definition) is 5. The molecule has 0 spiro atoms. The summed E-state index contributed by atoms with van der Waals surface area (Å²) in [5, 5.41) is 48.7. The van der Waals surface area contributed by atoms with Gasteiger partial charge in [0.05, 0.1) is 27.4 Å². The molecule has 0 saturated carbocycles. The van der Waals surface area contributed by atoms with Gasteiger partial charge in [0.15, 0.2) is 17.8 Å². The topological polar surface area (TPSA) is 138 Å². The van der Waals surface area contributed by atoms with Gasteiger partial charge in [0.2, 0.25) is 0 Å². The Labute approximate surface area is 145 Å². The van der Waals surface area contributed by atoms with E-state index in [0.29, 0.717) is 17.1 Å². The number of rotatable bonds is 7. The molecule has 0 amide bonds. The molecule has 1 aromatic rings. The fraction of sp³-hybridized carbons (Fsp3) is 0.625. The molecule has 6 atom stereocenters. The Morgan fingerprint density at radius 1 is 1.04 bits per heavy atom. The Kier molecular flexibility index (Phi) is 6.96. The zero-order chi connectivity index (χ0) is 18.6. The van der Waals surface area contributed by atoms with Crippen LogP contribution in [0.15, 0.2) is 18.2 Å². The fourth-order valence-corrected chi connectivity index (χ4v) is 2.55. The molecule has 9 nitrogen and oxygen atoms in total. The number of methoxy groups -OCH3 is 2. The second-order valence-electron chi connectivity index (χ2n) is 5.66. The standard InChI is InChI=1S/C16H24O9/c1-22-10-4-3-8(5-11(10)23-2)9(18)7-24-16-15(21)14(20)13(19)12(6-17)25-16/h3-5,9,12-21H,6-7H2,1-2H3/t9-,12+,13+,14-,15+,16+/m1/s1. The highest BCUT2D eigenvalue weighted by molar-refractivity contribution is 5.43. The predicted octanol–water partition coefficient (Wildman–Crippen LogP) is -1.45. The lowest BCUT2D eigenvalue weighted by Crippen LogP contribution is -2.59. The molecule has 0 radical (unpaired) electrons. The van der Waals surface area contributed by atoms with Crippen LogP contribution in [0.5, 0.6) is 11.5 Å². The molecule has 0 aromatic heterocycles. The van der Waals surface area contributed by atoms with Gasteiger partial charge in [0.1, 0.15) is 30.5 Å². The van der Waals surface area contributed by atoms with E-state index in [-0.39, 0.29) is 6.61 Å². The van der Waals surface area contributed by atoms with Gasteiger partial charge in [0.25, 0.3) is 0 Å². The van der Waals surface area contributed by atoms with Crippen LogP contribution in [-0.4, -0.2) is 83.7 Å². The average molecular weight is 360 g/mol. The van der Waals surface area contributed by atoms with E-state index in [9.17, 15) is 20.4 Å². The maximum absolute atomic E-state index is 10.2. The van der Waals surface area contributed by atoms with Gasteiger partial charge in [-0.3, -0.25) is 0 Å². The first-order valence-electron chi connectivity index (χ1n) is 7.75. The maximum Gasteiger partial charge on any atom is 0.186 e. The largest absolute Gasteiger partial charge is 0.493 e. The Hall–Kier alpha value is -1.46. The summed E-state index contributed by atoms with van der Waals surface area (Å²) in [7, 11) is 2.97. The van der Waals surface area contributed by atoms with Crippen molar-refractivity contribution < 1.29 is 44.5 Å². The molecule has 5 N–H and O–H groups in total. The Balaban J connectivity index is 2.00. The molecule has 1 fully saturated rings. The van der Waals surface area contributed by atoms with Crippen molar-refractivity contribution in [3.63, 3.8) is 0 Å². The molecule has 0 aliphatic carbocycles. The van der Waals surface area contributed by atoms with E-state index in [2.05, 4.69) is 0 Å². The third-order valence-electron chi connectivity index (χ3n) is 4.06. The van der Waals surface area contributed by atoms with Crippen LogP contribution in [0.25, 0.3) is 0 Å². The van der Waals surface area contributed by atoms with Crippen molar-refractivity contribution in [3.05, 3.63) is 23.8 Å². The SMILES string of the molecule is COc1ccc([C@H](O)CO[C@H]2O[C@@H](CO)[C@H](O)[C@@H](O)[C@@H]2O)cc1OC. The molecule has 1 aliphatic rings. The summed E-state index contributed by atoms with van der Waals surface area (Å²) in [6.45, 7) is -0.804. The summed E-state index contributed by atoms with van der Waals surface area (Å²) < 4.78 is 20.8. The number of aliphatic hydroxyl groups excluding tert-OH is 5. The number of ether oxygens (including phenoxy) is 4. The van der Waals surface area contributed by atoms with E-state index in [1.807, 2.05) is 0 Å². The smallest absolute Gasteiger partial charge is 0.186 e. The molecular formula is C16H24O9. The van der Waals surface area contributed by atoms with Crippen molar-refractivity contribution in [2.75, 3.05) is 27.4 Å². The lowest BCUT2D eigenvalue weighted by Gasteiger charge is -2.39. The number of benzene rings is 1. The highest BCUT2D eigenvalue weighted by Crippen LogP contribution is 2.30. The van der Waals surface area contributed by atoms with Crippen LogP contribution in [0.2, 0.25) is 0 Å². The lowest BCUT2D eigenvalue weighted by atomic mass is 9.99. The molecule has 9 heteroatoms. The summed E-state index contributed by atoms with van der Waals surface area (Å²) in [6, 6.07) is 4.84. The summed E-state index contributed by atoms with van der Waals surface area (Å²) in [5.41, 5.74) is 0.488. The summed E-state index contributed by atoms with van der Waals surface area (Å²) >= 11 is 0. The normalized spacial score (nSPS) is 30.8. The molecule has 142 valence electrons. The highest BCUT2D eigenvalue weighted by atomic mass is 16.7. The monoisotopic (exact) mass is 360 g/mol. The van der Waals surface area contributed by atoms with Gasteiger partial charge < -0.3 is 44.5 Å². The van der Waals surface area contributed by atoms with Crippen molar-refractivity contribution in [1.82, 2.24) is 0 Å². The summed E-state index contributed by atoms with van der Waals surface area (Å²) in [4.78, 5) is 0. The highest BCUT2D eigenvalue weighted by Gasteiger charge is 2.44. The van der Waals surface area contributed by atoms with Crippen LogP contribution in [0.3, 0.4) is 0 Å². The number of aliphatic hydroxyl groups is 5. The van der Waals surface area contributed by atoms with Crippen LogP contribution in [-0.2, 0) is 9.47 Å². The minimum absolute atomic E-state index is 0.252. The average Bonchev–Trinajstić information content (AvgIpc) is 2.64. The molecule has 0 unspecified atom stereocenters. The summed E-state index contributed by atoms with van der Waals surface area (Å²) in [5.74, 6) is 0.945. The van der Waals surface area contributed by atoms with Gasteiger partial charge >= 0.3 is 0 Å². The van der Waals surface area contributed by atoms with Crippen molar-refractivity contribution in [2.24, 2.45) is 0 Å². The Bertz CT molecular complexity index is 550. The molecule has 2 rings (SSSR count). The second-order valence-corrected chi connectivity index (χ2v) is 5.66. The third-order valence-corrected chi connectivity index (χ3v) is 4.06. The Morgan fingerprint density at radius 3 is 2.32 bits per heavy atom. The lowest BCUT2D eigenvalue weighted by molar-refractivity contribution is -0.304. The maximum atomic E-state index is 10.2. The minimum atomic E-state index is -1.53. The van der Waals surface area contributed by atoms with E-state index in [1.165, 1.54) is 14.2 Å². The summed E-state index contributed by atoms with van der Waals surface area (Å²) in [6.07, 6.45) is -7.95.